The average Bonchev–Trinajstić information content (AvgIpc) is 2.79. The molecule has 1 heterocycles. The van der Waals surface area contributed by atoms with Gasteiger partial charge in [0.25, 0.3) is 0 Å². The topological polar surface area (TPSA) is 98.5 Å². The molecule has 0 saturated heterocycles. The molecule has 3 rings (SSSR count). The predicted octanol–water partition coefficient (Wildman–Crippen LogP) is -0.284. The molecule has 1 aliphatic rings. The highest BCUT2D eigenvalue weighted by Gasteiger charge is 2.42. The van der Waals surface area contributed by atoms with Crippen LogP contribution < -0.4 is 23.5 Å². The number of nitrogens with zero attached hydrogens (tertiary/aromatic N) is 2. The van der Waals surface area contributed by atoms with E-state index in [4.69, 9.17) is 18.6 Å². The molecule has 28 heavy (non-hydrogen) atoms. The molecule has 150 valence electrons. The molecule has 0 aromatic heterocycles. The standard InChI is InChI=1S/C21H25N2.ClHO4/c1-21(2)18-8-6-7-9-19(18)23(5)20(21)15-12-16-10-13-17(14-11-16)22(3)4;2-1(3,4)5/h6-15H,1-5H3;(H,2,3,4,5)/q+1;/p-1. The van der Waals surface area contributed by atoms with Crippen molar-refractivity contribution < 1.29 is 33.5 Å². The zero-order valence-corrected chi connectivity index (χ0v) is 17.4. The van der Waals surface area contributed by atoms with Crippen LogP contribution in [0.3, 0.4) is 0 Å². The van der Waals surface area contributed by atoms with E-state index < -0.39 is 10.2 Å². The molecule has 0 spiro atoms. The maximum Gasteiger partial charge on any atom is 0.209 e. The number of hydrogen-bond acceptors (Lipinski definition) is 5. The van der Waals surface area contributed by atoms with E-state index in [1.165, 1.54) is 28.2 Å². The Bertz CT molecular complexity index is 876. The SMILES string of the molecule is CN(C)c1ccc(C=CC2=[N+](C)c3ccccc3C2(C)C)cc1.[O-][Cl+3]([O-])([O-])[O-]. The van der Waals surface area contributed by atoms with Crippen LogP contribution in [0.1, 0.15) is 25.0 Å². The van der Waals surface area contributed by atoms with Crippen molar-refractivity contribution in [3.8, 4) is 0 Å². The van der Waals surface area contributed by atoms with Gasteiger partial charge in [-0.2, -0.15) is 4.58 Å². The Morgan fingerprint density at radius 2 is 1.43 bits per heavy atom. The van der Waals surface area contributed by atoms with Gasteiger partial charge in [-0.15, -0.1) is 10.2 Å². The van der Waals surface area contributed by atoms with E-state index in [1.807, 2.05) is 0 Å². The second kappa shape index (κ2) is 8.43. The van der Waals surface area contributed by atoms with Gasteiger partial charge in [0.15, 0.2) is 5.71 Å². The van der Waals surface area contributed by atoms with Crippen molar-refractivity contribution in [1.82, 2.24) is 0 Å². The first-order valence-corrected chi connectivity index (χ1v) is 9.92. The highest BCUT2D eigenvalue weighted by atomic mass is 35.7. The second-order valence-corrected chi connectivity index (χ2v) is 8.04. The Morgan fingerprint density at radius 1 is 0.893 bits per heavy atom. The third kappa shape index (κ3) is 5.41. The van der Waals surface area contributed by atoms with E-state index >= 15 is 0 Å². The van der Waals surface area contributed by atoms with E-state index in [-0.39, 0.29) is 5.41 Å². The first-order chi connectivity index (χ1) is 12.9. The monoisotopic (exact) mass is 404 g/mol. The van der Waals surface area contributed by atoms with Crippen molar-refractivity contribution in [3.05, 3.63) is 65.7 Å². The van der Waals surface area contributed by atoms with Crippen LogP contribution >= 0.6 is 0 Å². The largest absolute Gasteiger partial charge is 0.378 e. The first-order valence-electron chi connectivity index (χ1n) is 8.69. The first kappa shape index (κ1) is 22.1. The van der Waals surface area contributed by atoms with E-state index in [1.54, 1.807) is 0 Å². The summed E-state index contributed by atoms with van der Waals surface area (Å²) >= 11 is 0. The summed E-state index contributed by atoms with van der Waals surface area (Å²) < 4.78 is 36.3. The minimum Gasteiger partial charge on any atom is -0.378 e. The highest BCUT2D eigenvalue weighted by molar-refractivity contribution is 6.05. The normalized spacial score (nSPS) is 15.3. The Hall–Kier alpha value is -2.22. The van der Waals surface area contributed by atoms with Gasteiger partial charge >= 0.3 is 0 Å². The molecular formula is C21H25ClN2O4. The summed E-state index contributed by atoms with van der Waals surface area (Å²) in [4.78, 5) is 2.12. The molecule has 2 aromatic carbocycles. The van der Waals surface area contributed by atoms with Crippen LogP contribution in [0, 0.1) is 10.2 Å². The summed E-state index contributed by atoms with van der Waals surface area (Å²) in [6, 6.07) is 17.3. The van der Waals surface area contributed by atoms with Crippen LogP contribution in [-0.4, -0.2) is 31.4 Å². The van der Waals surface area contributed by atoms with Gasteiger partial charge in [-0.05, 0) is 37.6 Å². The molecule has 0 amide bonds. The Labute approximate surface area is 168 Å². The van der Waals surface area contributed by atoms with Gasteiger partial charge in [0.2, 0.25) is 5.69 Å². The zero-order chi connectivity index (χ0) is 21.1. The fourth-order valence-corrected chi connectivity index (χ4v) is 3.36. The van der Waals surface area contributed by atoms with Crippen molar-refractivity contribution in [1.29, 1.82) is 0 Å². The third-order valence-corrected chi connectivity index (χ3v) is 4.78. The lowest BCUT2D eigenvalue weighted by Crippen LogP contribution is -2.68. The van der Waals surface area contributed by atoms with Crippen LogP contribution in [0.4, 0.5) is 11.4 Å². The summed E-state index contributed by atoms with van der Waals surface area (Å²) in [5.74, 6) is 0. The molecule has 0 aliphatic carbocycles. The lowest BCUT2D eigenvalue weighted by Gasteiger charge is -2.17. The molecule has 7 heteroatoms. The summed E-state index contributed by atoms with van der Waals surface area (Å²) in [7, 11) is 1.34. The summed E-state index contributed by atoms with van der Waals surface area (Å²) in [6.07, 6.45) is 4.46. The van der Waals surface area contributed by atoms with Gasteiger partial charge in [-0.25, -0.2) is 18.6 Å². The van der Waals surface area contributed by atoms with Crippen molar-refractivity contribution in [2.75, 3.05) is 26.0 Å². The molecule has 0 radical (unpaired) electrons. The number of rotatable bonds is 3. The van der Waals surface area contributed by atoms with E-state index in [2.05, 4.69) is 105 Å². The quantitative estimate of drug-likeness (QED) is 0.655. The van der Waals surface area contributed by atoms with Crippen molar-refractivity contribution >= 4 is 23.2 Å². The van der Waals surface area contributed by atoms with Gasteiger partial charge in [-0.3, -0.25) is 0 Å². The number of halogens is 1. The van der Waals surface area contributed by atoms with Crippen LogP contribution in [0.5, 0.6) is 0 Å². The average molecular weight is 405 g/mol. The van der Waals surface area contributed by atoms with Gasteiger partial charge < -0.3 is 4.90 Å². The number of allylic oxidation sites excluding steroid dienone is 1. The molecule has 2 aromatic rings. The van der Waals surface area contributed by atoms with E-state index in [9.17, 15) is 0 Å². The molecule has 0 fully saturated rings. The maximum absolute atomic E-state index is 8.49. The number of benzene rings is 2. The number of fused-ring (bicyclic) bond motifs is 1. The Morgan fingerprint density at radius 3 is 1.93 bits per heavy atom. The van der Waals surface area contributed by atoms with Crippen LogP contribution in [0.15, 0.2) is 54.6 Å². The smallest absolute Gasteiger partial charge is 0.209 e. The maximum atomic E-state index is 8.49. The molecule has 0 bridgehead atoms. The summed E-state index contributed by atoms with van der Waals surface area (Å²) in [5, 5.41) is 0. The zero-order valence-electron chi connectivity index (χ0n) is 16.7. The molecule has 0 atom stereocenters. The fourth-order valence-electron chi connectivity index (χ4n) is 3.36. The second-order valence-electron chi connectivity index (χ2n) is 7.28. The van der Waals surface area contributed by atoms with Crippen molar-refractivity contribution in [2.24, 2.45) is 0 Å². The predicted molar refractivity (Wildman–Crippen MR) is 100 cm³/mol. The van der Waals surface area contributed by atoms with Gasteiger partial charge in [0, 0.05) is 37.5 Å². The molecule has 0 saturated carbocycles. The summed E-state index contributed by atoms with van der Waals surface area (Å²) in [6.45, 7) is 4.59. The molecule has 0 N–H and O–H groups in total. The van der Waals surface area contributed by atoms with Crippen LogP contribution in [-0.2, 0) is 5.41 Å². The minimum absolute atomic E-state index is 0.0332. The Kier molecular flexibility index (Phi) is 6.64. The lowest BCUT2D eigenvalue weighted by molar-refractivity contribution is -2.00. The summed E-state index contributed by atoms with van der Waals surface area (Å²) in [5.41, 5.74) is 6.51. The molecule has 0 unspecified atom stereocenters. The van der Waals surface area contributed by atoms with Gasteiger partial charge in [-0.1, -0.05) is 30.3 Å². The van der Waals surface area contributed by atoms with E-state index in [0.29, 0.717) is 0 Å². The van der Waals surface area contributed by atoms with Gasteiger partial charge in [0.05, 0.1) is 5.41 Å². The Balaban J connectivity index is 0.000000500. The van der Waals surface area contributed by atoms with Crippen LogP contribution in [0.2, 0.25) is 0 Å². The molecular weight excluding hydrogens is 380 g/mol. The highest BCUT2D eigenvalue weighted by Crippen LogP contribution is 2.39. The third-order valence-electron chi connectivity index (χ3n) is 4.78. The number of anilines is 1. The van der Waals surface area contributed by atoms with Crippen LogP contribution in [0.25, 0.3) is 6.08 Å². The lowest BCUT2D eigenvalue weighted by atomic mass is 9.81. The number of para-hydroxylation sites is 1. The van der Waals surface area contributed by atoms with Crippen molar-refractivity contribution in [3.63, 3.8) is 0 Å². The minimum atomic E-state index is -4.94. The van der Waals surface area contributed by atoms with E-state index in [0.717, 1.165) is 0 Å². The van der Waals surface area contributed by atoms with Gasteiger partial charge in [0.1, 0.15) is 7.05 Å². The van der Waals surface area contributed by atoms with Crippen molar-refractivity contribution in [2.45, 2.75) is 19.3 Å². The molecule has 1 aliphatic heterocycles. The molecule has 6 nitrogen and oxygen atoms in total. The number of hydrogen-bond donors (Lipinski definition) is 0. The fraction of sp³-hybridized carbons (Fsp3) is 0.286.